The summed E-state index contributed by atoms with van der Waals surface area (Å²) < 4.78 is 0. The van der Waals surface area contributed by atoms with Gasteiger partial charge in [0.1, 0.15) is 0 Å². The predicted molar refractivity (Wildman–Crippen MR) is 77.1 cm³/mol. The molecule has 3 heteroatoms. The SMILES string of the molecule is O=C(Cc1ccccc1)P(Br)c1ccccc1. The Morgan fingerprint density at radius 1 is 0.941 bits per heavy atom. The molecule has 17 heavy (non-hydrogen) atoms. The summed E-state index contributed by atoms with van der Waals surface area (Å²) in [6.07, 6.45) is 0.493. The van der Waals surface area contributed by atoms with Crippen molar-refractivity contribution >= 4 is 32.9 Å². The highest BCUT2D eigenvalue weighted by atomic mass is 79.9. The maximum atomic E-state index is 12.1. The number of benzene rings is 2. The summed E-state index contributed by atoms with van der Waals surface area (Å²) in [5.41, 5.74) is 1.32. The van der Waals surface area contributed by atoms with Gasteiger partial charge in [-0.3, -0.25) is 4.79 Å². The molecular formula is C14H12BrOP. The molecule has 0 spiro atoms. The lowest BCUT2D eigenvalue weighted by Gasteiger charge is -2.08. The van der Waals surface area contributed by atoms with Crippen LogP contribution in [0.1, 0.15) is 5.56 Å². The van der Waals surface area contributed by atoms with Crippen LogP contribution >= 0.6 is 22.1 Å². The summed E-state index contributed by atoms with van der Waals surface area (Å²) in [6.45, 7) is -0.887. The molecule has 0 aliphatic heterocycles. The maximum Gasteiger partial charge on any atom is 0.174 e. The molecule has 2 aromatic carbocycles. The number of carbonyl (C=O) groups excluding carboxylic acids is 1. The van der Waals surface area contributed by atoms with Crippen molar-refractivity contribution in [2.24, 2.45) is 0 Å². The fourth-order valence-electron chi connectivity index (χ4n) is 1.54. The van der Waals surface area contributed by atoms with Gasteiger partial charge in [0.15, 0.2) is 5.52 Å². The van der Waals surface area contributed by atoms with E-state index in [1.807, 2.05) is 60.7 Å². The van der Waals surface area contributed by atoms with Crippen LogP contribution in [0.15, 0.2) is 60.7 Å². The van der Waals surface area contributed by atoms with Crippen molar-refractivity contribution in [1.82, 2.24) is 0 Å². The van der Waals surface area contributed by atoms with Gasteiger partial charge in [0.2, 0.25) is 0 Å². The van der Waals surface area contributed by atoms with Crippen LogP contribution < -0.4 is 5.30 Å². The second-order valence-electron chi connectivity index (χ2n) is 3.67. The molecule has 1 atom stereocenters. The Kier molecular flexibility index (Phi) is 4.47. The predicted octanol–water partition coefficient (Wildman–Crippen LogP) is 3.87. The van der Waals surface area contributed by atoms with Gasteiger partial charge in [-0.2, -0.15) is 0 Å². The van der Waals surface area contributed by atoms with Gasteiger partial charge in [-0.05, 0) is 26.4 Å². The summed E-state index contributed by atoms with van der Waals surface area (Å²) in [5, 5.41) is 1.07. The summed E-state index contributed by atoms with van der Waals surface area (Å²) in [6, 6.07) is 19.7. The monoisotopic (exact) mass is 306 g/mol. The minimum absolute atomic E-state index is 0.248. The molecule has 2 rings (SSSR count). The van der Waals surface area contributed by atoms with Gasteiger partial charge in [-0.25, -0.2) is 0 Å². The number of halogens is 1. The number of carbonyl (C=O) groups is 1. The topological polar surface area (TPSA) is 17.1 Å². The molecule has 0 saturated carbocycles. The minimum atomic E-state index is -0.887. The van der Waals surface area contributed by atoms with Crippen molar-refractivity contribution in [1.29, 1.82) is 0 Å². The van der Waals surface area contributed by atoms with E-state index in [0.29, 0.717) is 6.42 Å². The molecule has 0 aliphatic rings. The molecule has 2 aromatic rings. The Morgan fingerprint density at radius 2 is 1.47 bits per heavy atom. The van der Waals surface area contributed by atoms with Crippen molar-refractivity contribution < 1.29 is 4.79 Å². The van der Waals surface area contributed by atoms with Gasteiger partial charge < -0.3 is 0 Å². The first kappa shape index (κ1) is 12.5. The molecule has 0 N–H and O–H groups in total. The highest BCUT2D eigenvalue weighted by Gasteiger charge is 2.16. The zero-order valence-corrected chi connectivity index (χ0v) is 11.7. The van der Waals surface area contributed by atoms with Gasteiger partial charge in [0.25, 0.3) is 0 Å². The van der Waals surface area contributed by atoms with Gasteiger partial charge in [0, 0.05) is 6.42 Å². The van der Waals surface area contributed by atoms with E-state index >= 15 is 0 Å². The summed E-state index contributed by atoms with van der Waals surface area (Å²) >= 11 is 3.52. The van der Waals surface area contributed by atoms with Gasteiger partial charge >= 0.3 is 0 Å². The lowest BCUT2D eigenvalue weighted by molar-refractivity contribution is -0.110. The van der Waals surface area contributed by atoms with E-state index in [-0.39, 0.29) is 5.52 Å². The first-order chi connectivity index (χ1) is 8.27. The summed E-state index contributed by atoms with van der Waals surface area (Å²) in [7, 11) is 0. The van der Waals surface area contributed by atoms with E-state index in [2.05, 4.69) is 15.5 Å². The van der Waals surface area contributed by atoms with Crippen LogP contribution in [-0.2, 0) is 11.2 Å². The highest BCUT2D eigenvalue weighted by molar-refractivity contribution is 9.41. The van der Waals surface area contributed by atoms with E-state index in [1.165, 1.54) is 0 Å². The van der Waals surface area contributed by atoms with Crippen LogP contribution in [0.4, 0.5) is 0 Å². The third kappa shape index (κ3) is 3.49. The molecule has 0 radical (unpaired) electrons. The average Bonchev–Trinajstić information content (AvgIpc) is 2.40. The van der Waals surface area contributed by atoms with E-state index < -0.39 is 6.62 Å². The molecule has 0 bridgehead atoms. The summed E-state index contributed by atoms with van der Waals surface area (Å²) in [5.74, 6) is 0. The lowest BCUT2D eigenvalue weighted by Crippen LogP contribution is -2.06. The van der Waals surface area contributed by atoms with Gasteiger partial charge in [-0.15, -0.1) is 0 Å². The third-order valence-corrected chi connectivity index (χ3v) is 6.16. The molecular weight excluding hydrogens is 295 g/mol. The van der Waals surface area contributed by atoms with Crippen molar-refractivity contribution in [3.63, 3.8) is 0 Å². The largest absolute Gasteiger partial charge is 0.293 e. The van der Waals surface area contributed by atoms with E-state index in [9.17, 15) is 4.79 Å². The minimum Gasteiger partial charge on any atom is -0.293 e. The second-order valence-corrected chi connectivity index (χ2v) is 7.38. The normalized spacial score (nSPS) is 12.1. The highest BCUT2D eigenvalue weighted by Crippen LogP contribution is 2.44. The Morgan fingerprint density at radius 3 is 2.06 bits per heavy atom. The van der Waals surface area contributed by atoms with Crippen LogP contribution in [0.3, 0.4) is 0 Å². The molecule has 0 aliphatic carbocycles. The van der Waals surface area contributed by atoms with E-state index in [0.717, 1.165) is 10.9 Å². The van der Waals surface area contributed by atoms with Crippen molar-refractivity contribution in [2.75, 3.05) is 0 Å². The molecule has 1 unspecified atom stereocenters. The van der Waals surface area contributed by atoms with Gasteiger partial charge in [-0.1, -0.05) is 60.7 Å². The smallest absolute Gasteiger partial charge is 0.174 e. The molecule has 0 fully saturated rings. The first-order valence-corrected chi connectivity index (χ1v) is 8.71. The van der Waals surface area contributed by atoms with Crippen LogP contribution in [-0.4, -0.2) is 5.52 Å². The molecule has 0 heterocycles. The maximum absolute atomic E-state index is 12.1. The first-order valence-electron chi connectivity index (χ1n) is 5.35. The lowest BCUT2D eigenvalue weighted by atomic mass is 10.2. The van der Waals surface area contributed by atoms with Crippen molar-refractivity contribution in [3.8, 4) is 0 Å². The Balaban J connectivity index is 2.06. The Bertz CT molecular complexity index is 484. The molecule has 0 aromatic heterocycles. The third-order valence-electron chi connectivity index (χ3n) is 2.40. The average molecular weight is 307 g/mol. The molecule has 0 saturated heterocycles. The summed E-state index contributed by atoms with van der Waals surface area (Å²) in [4.78, 5) is 12.1. The Labute approximate surface area is 110 Å². The standard InChI is InChI=1S/C14H12BrOP/c15-17(13-9-5-2-6-10-13)14(16)11-12-7-3-1-4-8-12/h1-10H,11H2. The van der Waals surface area contributed by atoms with Crippen LogP contribution in [0.5, 0.6) is 0 Å². The van der Waals surface area contributed by atoms with Crippen LogP contribution in [0, 0.1) is 0 Å². The quantitative estimate of drug-likeness (QED) is 0.784. The zero-order valence-electron chi connectivity index (χ0n) is 9.21. The van der Waals surface area contributed by atoms with Gasteiger partial charge in [0.05, 0.1) is 6.62 Å². The zero-order chi connectivity index (χ0) is 12.1. The fourth-order valence-corrected chi connectivity index (χ4v) is 3.67. The van der Waals surface area contributed by atoms with Crippen molar-refractivity contribution in [3.05, 3.63) is 66.2 Å². The van der Waals surface area contributed by atoms with E-state index in [4.69, 9.17) is 0 Å². The number of hydrogen-bond acceptors (Lipinski definition) is 1. The van der Waals surface area contributed by atoms with Crippen LogP contribution in [0.25, 0.3) is 0 Å². The number of hydrogen-bond donors (Lipinski definition) is 0. The van der Waals surface area contributed by atoms with Crippen LogP contribution in [0.2, 0.25) is 0 Å². The molecule has 86 valence electrons. The van der Waals surface area contributed by atoms with Crippen molar-refractivity contribution in [2.45, 2.75) is 6.42 Å². The fraction of sp³-hybridized carbons (Fsp3) is 0.0714. The van der Waals surface area contributed by atoms with E-state index in [1.54, 1.807) is 0 Å². The second kappa shape index (κ2) is 6.09. The Hall–Kier alpha value is -0.980. The molecule has 1 nitrogen and oxygen atoms in total. The molecule has 0 amide bonds. The number of rotatable bonds is 4.